The highest BCUT2D eigenvalue weighted by Crippen LogP contribution is 2.40. The smallest absolute Gasteiger partial charge is 0.334 e. The van der Waals surface area contributed by atoms with Gasteiger partial charge in [-0.15, -0.1) is 0 Å². The van der Waals surface area contributed by atoms with Crippen LogP contribution >= 0.6 is 0 Å². The molecule has 4 amide bonds. The van der Waals surface area contributed by atoms with Crippen LogP contribution in [0.4, 0.5) is 4.79 Å². The van der Waals surface area contributed by atoms with Gasteiger partial charge >= 0.3 is 6.03 Å². The minimum Gasteiger partial charge on any atom is -0.338 e. The molecule has 1 saturated carbocycles. The van der Waals surface area contributed by atoms with Crippen LogP contribution in [0.2, 0.25) is 0 Å². The van der Waals surface area contributed by atoms with Crippen molar-refractivity contribution in [2.75, 3.05) is 6.54 Å². The summed E-state index contributed by atoms with van der Waals surface area (Å²) in [5, 5.41) is 9.61. The van der Waals surface area contributed by atoms with Crippen LogP contribution in [-0.2, 0) is 9.59 Å². The number of nitrogens with zero attached hydrogens (tertiary/aromatic N) is 4. The number of barbiturate groups is 1. The van der Waals surface area contributed by atoms with Crippen LogP contribution < -0.4 is 10.7 Å². The van der Waals surface area contributed by atoms with Crippen LogP contribution in [0.3, 0.4) is 0 Å². The van der Waals surface area contributed by atoms with Crippen molar-refractivity contribution in [3.8, 4) is 0 Å². The third-order valence-corrected chi connectivity index (χ3v) is 14.0. The molecule has 1 aliphatic carbocycles. The minimum atomic E-state index is -0.484. The molecule has 2 aliphatic rings. The van der Waals surface area contributed by atoms with Gasteiger partial charge in [0.15, 0.2) is 0 Å². The second-order valence-electron chi connectivity index (χ2n) is 18.6. The number of amides is 4. The van der Waals surface area contributed by atoms with E-state index < -0.39 is 17.8 Å². The van der Waals surface area contributed by atoms with Gasteiger partial charge in [-0.2, -0.15) is 0 Å². The molecule has 64 heavy (non-hydrogen) atoms. The fraction of sp³-hybridized carbons (Fsp3) is 0.421. The third kappa shape index (κ3) is 8.16. The van der Waals surface area contributed by atoms with Crippen molar-refractivity contribution in [2.24, 2.45) is 0 Å². The molecule has 0 N–H and O–H groups in total. The maximum atomic E-state index is 15.2. The number of hydrogen-bond acceptors (Lipinski definition) is 3. The van der Waals surface area contributed by atoms with Crippen molar-refractivity contribution in [3.63, 3.8) is 0 Å². The highest BCUT2D eigenvalue weighted by Gasteiger charge is 2.46. The molecule has 0 radical (unpaired) electrons. The van der Waals surface area contributed by atoms with Gasteiger partial charge in [0.25, 0.3) is 11.8 Å². The maximum Gasteiger partial charge on any atom is 0.334 e. The molecule has 1 saturated heterocycles. The Morgan fingerprint density at radius 1 is 0.531 bits per heavy atom. The van der Waals surface area contributed by atoms with Crippen molar-refractivity contribution in [3.05, 3.63) is 118 Å². The lowest BCUT2D eigenvalue weighted by molar-refractivity contribution is -0.137. The highest BCUT2D eigenvalue weighted by molar-refractivity contribution is 6.30. The first kappa shape index (κ1) is 44.9. The summed E-state index contributed by atoms with van der Waals surface area (Å²) < 4.78 is 4.97. The molecule has 8 rings (SSSR count). The predicted octanol–water partition coefficient (Wildman–Crippen LogP) is 13.2. The van der Waals surface area contributed by atoms with E-state index in [4.69, 9.17) is 0 Å². The van der Waals surface area contributed by atoms with E-state index in [-0.39, 0.29) is 30.2 Å². The van der Waals surface area contributed by atoms with Gasteiger partial charge in [-0.1, -0.05) is 139 Å². The number of unbranched alkanes of at least 4 members (excludes halogenated alkanes) is 3. The molecular formula is C57H68N4O3. The van der Waals surface area contributed by atoms with E-state index in [1.54, 1.807) is 0 Å². The van der Waals surface area contributed by atoms with Gasteiger partial charge in [0.2, 0.25) is 0 Å². The van der Waals surface area contributed by atoms with Gasteiger partial charge in [-0.05, 0) is 117 Å². The molecule has 0 bridgehead atoms. The minimum absolute atomic E-state index is 0.132. The highest BCUT2D eigenvalue weighted by atomic mass is 16.2. The Kier molecular flexibility index (Phi) is 13.7. The molecular weight excluding hydrogens is 789 g/mol. The first-order valence-corrected chi connectivity index (χ1v) is 24.5. The molecule has 7 heteroatoms. The van der Waals surface area contributed by atoms with Crippen LogP contribution in [0.5, 0.6) is 0 Å². The Balaban J connectivity index is 1.41. The number of carbonyl (C=O) groups excluding carboxylic acids is 3. The second-order valence-corrected chi connectivity index (χ2v) is 18.6. The molecule has 2 aromatic heterocycles. The van der Waals surface area contributed by atoms with Crippen molar-refractivity contribution in [2.45, 2.75) is 150 Å². The summed E-state index contributed by atoms with van der Waals surface area (Å²) in [6.07, 6.45) is 20.5. The standard InChI is InChI=1S/C57H68N4O3/c1-8-12-14-22-40(7)61-56(63)54(55(62)58(57(61)64)37-13-9-2)51-43(33-35-47-45-29-16-25-41-27-18-31-49(52(41)45)59(47)38(5)20-10-3)23-15-24-44(51)34-36-48-46-30-17-26-42-28-19-32-50(53(42)46)60(48)39(6)21-11-4/h16-19,25-36,38-40H,8-15,20-24,37H2,1-7H3/b43-33+,44-34+,47-35+,48-36+,54-51?. The van der Waals surface area contributed by atoms with Gasteiger partial charge < -0.3 is 9.13 Å². The van der Waals surface area contributed by atoms with E-state index in [2.05, 4.69) is 148 Å². The Morgan fingerprint density at radius 3 is 1.52 bits per heavy atom. The largest absolute Gasteiger partial charge is 0.338 e. The van der Waals surface area contributed by atoms with Gasteiger partial charge in [-0.25, -0.2) is 4.79 Å². The average molecular weight is 857 g/mol. The molecule has 4 aromatic carbocycles. The van der Waals surface area contributed by atoms with Crippen molar-refractivity contribution < 1.29 is 14.4 Å². The van der Waals surface area contributed by atoms with E-state index in [0.717, 1.165) is 79.6 Å². The molecule has 6 aromatic rings. The molecule has 3 heterocycles. The molecule has 334 valence electrons. The number of allylic oxidation sites excluding steroid dienone is 5. The normalized spacial score (nSPS) is 18.8. The summed E-state index contributed by atoms with van der Waals surface area (Å²) in [6, 6.07) is 26.0. The summed E-state index contributed by atoms with van der Waals surface area (Å²) >= 11 is 0. The van der Waals surface area contributed by atoms with Crippen molar-refractivity contribution in [1.29, 1.82) is 0 Å². The third-order valence-electron chi connectivity index (χ3n) is 14.0. The number of carbonyl (C=O) groups is 3. The zero-order chi connectivity index (χ0) is 45.1. The van der Waals surface area contributed by atoms with E-state index in [9.17, 15) is 4.79 Å². The lowest BCUT2D eigenvalue weighted by Crippen LogP contribution is -2.59. The van der Waals surface area contributed by atoms with Gasteiger partial charge in [0.05, 0.1) is 0 Å². The first-order valence-electron chi connectivity index (χ1n) is 24.5. The summed E-state index contributed by atoms with van der Waals surface area (Å²) in [5.41, 5.74) is 5.19. The van der Waals surface area contributed by atoms with E-state index >= 15 is 9.59 Å². The monoisotopic (exact) mass is 857 g/mol. The predicted molar refractivity (Wildman–Crippen MR) is 267 cm³/mol. The summed E-state index contributed by atoms with van der Waals surface area (Å²) in [4.78, 5) is 47.4. The summed E-state index contributed by atoms with van der Waals surface area (Å²) in [5.74, 6) is -0.935. The lowest BCUT2D eigenvalue weighted by atomic mass is 9.80. The second kappa shape index (κ2) is 19.6. The topological polar surface area (TPSA) is 67.6 Å². The Bertz CT molecular complexity index is 2750. The molecule has 3 atom stereocenters. The Morgan fingerprint density at radius 2 is 1.03 bits per heavy atom. The van der Waals surface area contributed by atoms with E-state index in [1.165, 1.54) is 53.2 Å². The lowest BCUT2D eigenvalue weighted by Gasteiger charge is -2.39. The first-order chi connectivity index (χ1) is 31.1. The Hall–Kier alpha value is -5.69. The SMILES string of the molecule is CCCCCC(C)N1C(=O)C(=C2/C(=C/C=c3\c4cccc5cccc(c54)n3C(C)CCC)CCC/C2=C\C=c2/c3cccc4cccc(c43)n2C(C)CCC)C(=O)N(CCCC)C1=O. The molecule has 3 unspecified atom stereocenters. The van der Waals surface area contributed by atoms with Gasteiger partial charge in [0, 0.05) is 67.9 Å². The fourth-order valence-corrected chi connectivity index (χ4v) is 10.9. The Labute approximate surface area is 379 Å². The van der Waals surface area contributed by atoms with Crippen LogP contribution in [-0.4, -0.2) is 49.4 Å². The number of imide groups is 2. The number of rotatable bonds is 16. The zero-order valence-corrected chi connectivity index (χ0v) is 39.4. The van der Waals surface area contributed by atoms with Crippen LogP contribution in [0.25, 0.3) is 55.5 Å². The molecule has 2 fully saturated rings. The van der Waals surface area contributed by atoms with Gasteiger partial charge in [0.1, 0.15) is 5.57 Å². The quantitative estimate of drug-likeness (QED) is 0.0553. The summed E-state index contributed by atoms with van der Waals surface area (Å²) in [7, 11) is 0. The zero-order valence-electron chi connectivity index (χ0n) is 39.4. The summed E-state index contributed by atoms with van der Waals surface area (Å²) in [6.45, 7) is 15.6. The van der Waals surface area contributed by atoms with Crippen LogP contribution in [0, 0.1) is 0 Å². The van der Waals surface area contributed by atoms with E-state index in [0.29, 0.717) is 31.3 Å². The maximum absolute atomic E-state index is 15.2. The average Bonchev–Trinajstić information content (AvgIpc) is 3.79. The molecule has 1 aliphatic heterocycles. The number of aromatic nitrogens is 2. The fourth-order valence-electron chi connectivity index (χ4n) is 10.9. The van der Waals surface area contributed by atoms with Crippen molar-refractivity contribution in [1.82, 2.24) is 18.9 Å². The van der Waals surface area contributed by atoms with Crippen LogP contribution in [0.15, 0.2) is 107 Å². The van der Waals surface area contributed by atoms with Crippen molar-refractivity contribution >= 4 is 73.3 Å². The molecule has 7 nitrogen and oxygen atoms in total. The number of benzene rings is 4. The van der Waals surface area contributed by atoms with E-state index in [1.807, 2.05) is 6.92 Å². The number of urea groups is 1. The number of hydrogen-bond donors (Lipinski definition) is 0. The van der Waals surface area contributed by atoms with Gasteiger partial charge in [-0.3, -0.25) is 19.4 Å². The van der Waals surface area contributed by atoms with Crippen LogP contribution in [0.1, 0.15) is 144 Å². The molecule has 0 spiro atoms.